The summed E-state index contributed by atoms with van der Waals surface area (Å²) in [5.41, 5.74) is 0. The second-order valence-corrected chi connectivity index (χ2v) is 9.13. The monoisotopic (exact) mass is 385 g/mol. The molecule has 3 saturated heterocycles. The molecule has 7 nitrogen and oxygen atoms in total. The molecule has 152 valence electrons. The molecule has 0 aromatic carbocycles. The highest BCUT2D eigenvalue weighted by molar-refractivity contribution is 5.78. The van der Waals surface area contributed by atoms with Gasteiger partial charge < -0.3 is 10.2 Å². The SMILES string of the molecule is O=C(Cn1cccn1)NC[C@H]1[C@H]2C[C@H](CN(C3CCC3)C2)[C@@H]2CCCC(=O)N21. The number of carbonyl (C=O) groups is 2. The van der Waals surface area contributed by atoms with Crippen molar-refractivity contribution in [2.75, 3.05) is 19.6 Å². The van der Waals surface area contributed by atoms with E-state index in [9.17, 15) is 9.59 Å². The third kappa shape index (κ3) is 3.34. The highest BCUT2D eigenvalue weighted by atomic mass is 16.2. The summed E-state index contributed by atoms with van der Waals surface area (Å²) in [7, 11) is 0. The zero-order valence-corrected chi connectivity index (χ0v) is 16.5. The maximum atomic E-state index is 12.8. The van der Waals surface area contributed by atoms with E-state index in [1.807, 2.05) is 6.07 Å². The first-order chi connectivity index (χ1) is 13.7. The number of piperidine rings is 3. The van der Waals surface area contributed by atoms with E-state index in [0.29, 0.717) is 36.8 Å². The molecule has 5 rings (SSSR count). The fourth-order valence-corrected chi connectivity index (χ4v) is 5.94. The Hall–Kier alpha value is -1.89. The summed E-state index contributed by atoms with van der Waals surface area (Å²) in [5, 5.41) is 7.22. The first kappa shape index (κ1) is 18.2. The number of hydrogen-bond acceptors (Lipinski definition) is 4. The smallest absolute Gasteiger partial charge is 0.241 e. The molecule has 0 spiro atoms. The van der Waals surface area contributed by atoms with E-state index >= 15 is 0 Å². The molecule has 2 amide bonds. The van der Waals surface area contributed by atoms with E-state index in [1.54, 1.807) is 17.1 Å². The van der Waals surface area contributed by atoms with Gasteiger partial charge in [0.2, 0.25) is 11.8 Å². The highest BCUT2D eigenvalue weighted by Crippen LogP contribution is 2.43. The number of nitrogens with one attached hydrogen (secondary N) is 1. The average molecular weight is 386 g/mol. The van der Waals surface area contributed by atoms with Crippen LogP contribution in [0.25, 0.3) is 0 Å². The summed E-state index contributed by atoms with van der Waals surface area (Å²) in [5.74, 6) is 1.36. The molecule has 1 aromatic heterocycles. The summed E-state index contributed by atoms with van der Waals surface area (Å²) in [6.45, 7) is 3.04. The van der Waals surface area contributed by atoms with Gasteiger partial charge in [0.15, 0.2) is 0 Å². The fourth-order valence-electron chi connectivity index (χ4n) is 5.94. The van der Waals surface area contributed by atoms with E-state index in [0.717, 1.165) is 32.0 Å². The number of fused-ring (bicyclic) bond motifs is 4. The van der Waals surface area contributed by atoms with Crippen LogP contribution in [0.15, 0.2) is 18.5 Å². The van der Waals surface area contributed by atoms with Gasteiger partial charge in [-0.25, -0.2) is 0 Å². The Morgan fingerprint density at radius 2 is 2.04 bits per heavy atom. The lowest BCUT2D eigenvalue weighted by Gasteiger charge is -2.58. The van der Waals surface area contributed by atoms with Gasteiger partial charge in [-0.15, -0.1) is 0 Å². The highest BCUT2D eigenvalue weighted by Gasteiger charge is 2.50. The molecule has 0 radical (unpaired) electrons. The van der Waals surface area contributed by atoms with Crippen LogP contribution >= 0.6 is 0 Å². The largest absolute Gasteiger partial charge is 0.352 e. The van der Waals surface area contributed by atoms with E-state index in [-0.39, 0.29) is 18.5 Å². The molecule has 1 aliphatic carbocycles. The van der Waals surface area contributed by atoms with Crippen LogP contribution in [0.3, 0.4) is 0 Å². The molecule has 4 aliphatic rings. The molecule has 2 bridgehead atoms. The normalized spacial score (nSPS) is 33.3. The summed E-state index contributed by atoms with van der Waals surface area (Å²) in [4.78, 5) is 30.1. The Bertz CT molecular complexity index is 716. The Balaban J connectivity index is 1.30. The van der Waals surface area contributed by atoms with Crippen molar-refractivity contribution in [2.45, 2.75) is 69.6 Å². The Kier molecular flexibility index (Phi) is 4.87. The van der Waals surface area contributed by atoms with Gasteiger partial charge in [-0.05, 0) is 50.0 Å². The van der Waals surface area contributed by atoms with Crippen LogP contribution < -0.4 is 5.32 Å². The molecule has 1 saturated carbocycles. The number of amides is 2. The number of aromatic nitrogens is 2. The molecular formula is C21H31N5O2. The lowest BCUT2D eigenvalue weighted by molar-refractivity contribution is -0.154. The van der Waals surface area contributed by atoms with Crippen molar-refractivity contribution in [2.24, 2.45) is 11.8 Å². The lowest BCUT2D eigenvalue weighted by atomic mass is 9.71. The van der Waals surface area contributed by atoms with Crippen LogP contribution in [0.5, 0.6) is 0 Å². The van der Waals surface area contributed by atoms with Gasteiger partial charge in [-0.1, -0.05) is 6.42 Å². The molecule has 0 unspecified atom stereocenters. The van der Waals surface area contributed by atoms with E-state index in [2.05, 4.69) is 20.2 Å². The second kappa shape index (κ2) is 7.50. The predicted octanol–water partition coefficient (Wildman–Crippen LogP) is 1.25. The lowest BCUT2D eigenvalue weighted by Crippen LogP contribution is -2.68. The topological polar surface area (TPSA) is 70.5 Å². The Labute approximate surface area is 166 Å². The van der Waals surface area contributed by atoms with Crippen LogP contribution in [0, 0.1) is 11.8 Å². The number of hydrogen-bond donors (Lipinski definition) is 1. The van der Waals surface area contributed by atoms with Crippen LogP contribution in [-0.4, -0.2) is 69.2 Å². The molecule has 4 atom stereocenters. The maximum absolute atomic E-state index is 12.8. The minimum atomic E-state index is -0.0292. The third-order valence-electron chi connectivity index (χ3n) is 7.49. The van der Waals surface area contributed by atoms with Gasteiger partial charge in [-0.3, -0.25) is 19.2 Å². The van der Waals surface area contributed by atoms with Crippen molar-refractivity contribution in [3.8, 4) is 0 Å². The van der Waals surface area contributed by atoms with E-state index < -0.39 is 0 Å². The first-order valence-corrected chi connectivity index (χ1v) is 11.0. The van der Waals surface area contributed by atoms with Crippen molar-refractivity contribution >= 4 is 11.8 Å². The molecule has 7 heteroatoms. The van der Waals surface area contributed by atoms with Crippen LogP contribution in [-0.2, 0) is 16.1 Å². The molecular weight excluding hydrogens is 354 g/mol. The maximum Gasteiger partial charge on any atom is 0.241 e. The van der Waals surface area contributed by atoms with Crippen molar-refractivity contribution < 1.29 is 9.59 Å². The minimum Gasteiger partial charge on any atom is -0.352 e. The number of carbonyl (C=O) groups excluding carboxylic acids is 2. The molecule has 4 heterocycles. The van der Waals surface area contributed by atoms with Crippen LogP contribution in [0.2, 0.25) is 0 Å². The first-order valence-electron chi connectivity index (χ1n) is 11.0. The third-order valence-corrected chi connectivity index (χ3v) is 7.49. The zero-order chi connectivity index (χ0) is 19.1. The molecule has 1 aromatic rings. The molecule has 28 heavy (non-hydrogen) atoms. The van der Waals surface area contributed by atoms with Crippen molar-refractivity contribution in [3.05, 3.63) is 18.5 Å². The minimum absolute atomic E-state index is 0.0292. The fraction of sp³-hybridized carbons (Fsp3) is 0.762. The molecule has 4 fully saturated rings. The summed E-state index contributed by atoms with van der Waals surface area (Å²) < 4.78 is 1.64. The van der Waals surface area contributed by atoms with E-state index in [4.69, 9.17) is 0 Å². The van der Waals surface area contributed by atoms with Gasteiger partial charge >= 0.3 is 0 Å². The zero-order valence-electron chi connectivity index (χ0n) is 16.5. The predicted molar refractivity (Wildman–Crippen MR) is 104 cm³/mol. The summed E-state index contributed by atoms with van der Waals surface area (Å²) >= 11 is 0. The van der Waals surface area contributed by atoms with Gasteiger partial charge in [0.25, 0.3) is 0 Å². The quantitative estimate of drug-likeness (QED) is 0.828. The summed E-state index contributed by atoms with van der Waals surface area (Å²) in [6.07, 6.45) is 11.5. The standard InChI is InChI=1S/C21H31N5O2/c27-20(14-25-9-3-8-23-25)22-11-19-16-10-15(12-24(13-16)17-4-1-5-17)18-6-2-7-21(28)26(18)19/h3,8-9,15-19H,1-2,4-7,10-14H2,(H,22,27)/t15-,16+,18+,19+/m1/s1. The van der Waals surface area contributed by atoms with Crippen molar-refractivity contribution in [3.63, 3.8) is 0 Å². The van der Waals surface area contributed by atoms with Crippen molar-refractivity contribution in [1.29, 1.82) is 0 Å². The second-order valence-electron chi connectivity index (χ2n) is 9.13. The van der Waals surface area contributed by atoms with Gasteiger partial charge in [-0.2, -0.15) is 5.10 Å². The number of likely N-dealkylation sites (tertiary alicyclic amines) is 1. The molecule has 3 aliphatic heterocycles. The van der Waals surface area contributed by atoms with Crippen molar-refractivity contribution in [1.82, 2.24) is 24.9 Å². The van der Waals surface area contributed by atoms with Crippen LogP contribution in [0.1, 0.15) is 44.9 Å². The van der Waals surface area contributed by atoms with E-state index in [1.165, 1.54) is 25.7 Å². The summed E-state index contributed by atoms with van der Waals surface area (Å²) in [6, 6.07) is 3.08. The number of nitrogens with zero attached hydrogens (tertiary/aromatic N) is 4. The Morgan fingerprint density at radius 1 is 1.18 bits per heavy atom. The van der Waals surface area contributed by atoms with Gasteiger partial charge in [0.05, 0.1) is 6.04 Å². The number of rotatable bonds is 5. The average Bonchev–Trinajstić information content (AvgIpc) is 3.13. The van der Waals surface area contributed by atoms with Gasteiger partial charge in [0.1, 0.15) is 6.54 Å². The Morgan fingerprint density at radius 3 is 2.79 bits per heavy atom. The van der Waals surface area contributed by atoms with Gasteiger partial charge in [0, 0.05) is 50.5 Å². The van der Waals surface area contributed by atoms with Crippen LogP contribution in [0.4, 0.5) is 0 Å². The molecule has 1 N–H and O–H groups in total.